The molecule has 4 atom stereocenters. The lowest BCUT2D eigenvalue weighted by atomic mass is 10.0. The number of rotatable bonds is 2. The minimum atomic E-state index is -1.16. The molecule has 1 fully saturated rings. The molecule has 1 saturated heterocycles. The number of aliphatic hydroxyl groups is 3. The van der Waals surface area contributed by atoms with E-state index in [-0.39, 0.29) is 6.61 Å². The van der Waals surface area contributed by atoms with Crippen LogP contribution in [-0.4, -0.2) is 55.2 Å². The molecular formula is C12H13N3O4S. The van der Waals surface area contributed by atoms with Gasteiger partial charge in [0.15, 0.2) is 5.65 Å². The topological polar surface area (TPSA) is 111 Å². The Morgan fingerprint density at radius 1 is 1.25 bits per heavy atom. The number of nitrogens with zero attached hydrogens (tertiary/aromatic N) is 2. The number of ether oxygens (including phenoxy) is 1. The molecule has 1 aliphatic heterocycles. The molecule has 0 aliphatic carbocycles. The summed E-state index contributed by atoms with van der Waals surface area (Å²) < 4.78 is 5.82. The third kappa shape index (κ3) is 2.11. The Morgan fingerprint density at radius 2 is 2.00 bits per heavy atom. The van der Waals surface area contributed by atoms with Crippen molar-refractivity contribution < 1.29 is 20.1 Å². The zero-order valence-electron chi connectivity index (χ0n) is 10.3. The molecule has 2 aromatic heterocycles. The van der Waals surface area contributed by atoms with E-state index in [4.69, 9.17) is 22.1 Å². The Kier molecular flexibility index (Phi) is 3.48. The van der Waals surface area contributed by atoms with Crippen molar-refractivity contribution in [2.45, 2.75) is 24.4 Å². The predicted octanol–water partition coefficient (Wildman–Crippen LogP) is -0.159. The van der Waals surface area contributed by atoms with E-state index in [0.717, 1.165) is 0 Å². The maximum absolute atomic E-state index is 10.0. The maximum Gasteiger partial charge on any atom is 0.157 e. The van der Waals surface area contributed by atoms with Crippen molar-refractivity contribution in [1.29, 1.82) is 0 Å². The fraction of sp³-hybridized carbons (Fsp3) is 0.417. The second-order valence-corrected chi connectivity index (χ2v) is 5.01. The number of aliphatic hydroxyl groups excluding tert-OH is 3. The summed E-state index contributed by atoms with van der Waals surface area (Å²) in [6.07, 6.45) is -0.868. The zero-order valence-corrected chi connectivity index (χ0v) is 11.1. The second kappa shape index (κ2) is 5.15. The first-order chi connectivity index (χ1) is 9.61. The Hall–Kier alpha value is -1.45. The molecule has 1 unspecified atom stereocenters. The Morgan fingerprint density at radius 3 is 2.70 bits per heavy atom. The van der Waals surface area contributed by atoms with Crippen LogP contribution in [0.1, 0.15) is 11.7 Å². The Balaban J connectivity index is 2.06. The van der Waals surface area contributed by atoms with Crippen LogP contribution in [-0.2, 0) is 4.74 Å². The number of aromatic nitrogens is 3. The molecule has 4 N–H and O–H groups in total. The smallest absolute Gasteiger partial charge is 0.157 e. The van der Waals surface area contributed by atoms with Crippen molar-refractivity contribution in [2.75, 3.05) is 6.61 Å². The van der Waals surface area contributed by atoms with Gasteiger partial charge < -0.3 is 25.0 Å². The van der Waals surface area contributed by atoms with E-state index in [1.165, 1.54) is 0 Å². The van der Waals surface area contributed by atoms with E-state index in [2.05, 4.69) is 15.0 Å². The molecule has 0 aromatic carbocycles. The van der Waals surface area contributed by atoms with Crippen LogP contribution < -0.4 is 0 Å². The minimum Gasteiger partial charge on any atom is -0.394 e. The third-order valence-corrected chi connectivity index (χ3v) is 3.70. The van der Waals surface area contributed by atoms with Crippen molar-refractivity contribution in [3.05, 3.63) is 28.7 Å². The lowest BCUT2D eigenvalue weighted by molar-refractivity contribution is -0.0229. The number of aromatic amines is 1. The molecule has 0 spiro atoms. The van der Waals surface area contributed by atoms with E-state index < -0.39 is 24.4 Å². The van der Waals surface area contributed by atoms with Gasteiger partial charge in [-0.1, -0.05) is 12.2 Å². The van der Waals surface area contributed by atoms with Gasteiger partial charge in [0.25, 0.3) is 0 Å². The molecule has 0 amide bonds. The summed E-state index contributed by atoms with van der Waals surface area (Å²) in [5.74, 6) is 0. The van der Waals surface area contributed by atoms with Crippen LogP contribution in [0, 0.1) is 4.64 Å². The lowest BCUT2D eigenvalue weighted by Gasteiger charge is -2.15. The van der Waals surface area contributed by atoms with E-state index in [1.54, 1.807) is 18.5 Å². The average Bonchev–Trinajstić information content (AvgIpc) is 2.74. The summed E-state index contributed by atoms with van der Waals surface area (Å²) >= 11 is 5.22. The first-order valence-corrected chi connectivity index (χ1v) is 6.49. The van der Waals surface area contributed by atoms with Crippen molar-refractivity contribution in [2.24, 2.45) is 0 Å². The monoisotopic (exact) mass is 295 g/mol. The molecule has 7 nitrogen and oxygen atoms in total. The standard InChI is InChI=1S/C12H13N3O4S/c16-4-7-8(17)9(18)10(19-7)5-3-6-11(15-12(5)20)14-2-1-13-6/h1-3,7-10,16-18H,4H2,(H,14,15,20)/t7-,8+,9?,10+/m1/s1. The summed E-state index contributed by atoms with van der Waals surface area (Å²) in [5, 5.41) is 28.9. The first kappa shape index (κ1) is 13.5. The fourth-order valence-corrected chi connectivity index (χ4v) is 2.58. The third-order valence-electron chi connectivity index (χ3n) is 3.36. The van der Waals surface area contributed by atoms with Gasteiger partial charge >= 0.3 is 0 Å². The van der Waals surface area contributed by atoms with Gasteiger partial charge in [0.2, 0.25) is 0 Å². The van der Waals surface area contributed by atoms with Gasteiger partial charge in [0, 0.05) is 18.0 Å². The highest BCUT2D eigenvalue weighted by Crippen LogP contribution is 2.34. The quantitative estimate of drug-likeness (QED) is 0.570. The molecule has 106 valence electrons. The van der Waals surface area contributed by atoms with E-state index in [0.29, 0.717) is 21.4 Å². The SMILES string of the molecule is OC[C@H]1O[C@@H](c2cc3nccnc3[nH]c2=S)C(O)[C@H]1O. The van der Waals surface area contributed by atoms with Crippen molar-refractivity contribution in [3.8, 4) is 0 Å². The van der Waals surface area contributed by atoms with Crippen LogP contribution >= 0.6 is 12.2 Å². The van der Waals surface area contributed by atoms with Gasteiger partial charge in [-0.2, -0.15) is 0 Å². The Bertz CT molecular complexity index is 692. The van der Waals surface area contributed by atoms with Crippen molar-refractivity contribution >= 4 is 23.4 Å². The molecule has 1 aliphatic rings. The summed E-state index contributed by atoms with van der Waals surface area (Å²) in [6.45, 7) is -0.376. The highest BCUT2D eigenvalue weighted by atomic mass is 32.1. The molecule has 8 heteroatoms. The fourth-order valence-electron chi connectivity index (χ4n) is 2.31. The van der Waals surface area contributed by atoms with Gasteiger partial charge in [-0.25, -0.2) is 4.98 Å². The summed E-state index contributed by atoms with van der Waals surface area (Å²) in [6, 6.07) is 1.67. The van der Waals surface area contributed by atoms with Gasteiger partial charge in [-0.3, -0.25) is 4.98 Å². The molecule has 0 saturated carbocycles. The molecule has 3 rings (SSSR count). The number of H-pyrrole nitrogens is 1. The van der Waals surface area contributed by atoms with E-state index >= 15 is 0 Å². The maximum atomic E-state index is 10.0. The van der Waals surface area contributed by atoms with Crippen molar-refractivity contribution in [3.63, 3.8) is 0 Å². The zero-order chi connectivity index (χ0) is 14.3. The number of pyridine rings is 1. The Labute approximate surface area is 118 Å². The molecule has 2 aromatic rings. The molecular weight excluding hydrogens is 282 g/mol. The average molecular weight is 295 g/mol. The normalized spacial score (nSPS) is 29.9. The van der Waals surface area contributed by atoms with Crippen LogP contribution in [0.15, 0.2) is 18.5 Å². The number of hydrogen-bond donors (Lipinski definition) is 4. The summed E-state index contributed by atoms with van der Waals surface area (Å²) in [7, 11) is 0. The number of fused-ring (bicyclic) bond motifs is 1. The molecule has 0 radical (unpaired) electrons. The van der Waals surface area contributed by atoms with Crippen LogP contribution in [0.5, 0.6) is 0 Å². The summed E-state index contributed by atoms with van der Waals surface area (Å²) in [5.41, 5.74) is 1.62. The van der Waals surface area contributed by atoms with Crippen molar-refractivity contribution in [1.82, 2.24) is 15.0 Å². The lowest BCUT2D eigenvalue weighted by Crippen LogP contribution is -2.32. The molecule has 3 heterocycles. The van der Waals surface area contributed by atoms with E-state index in [1.807, 2.05) is 0 Å². The second-order valence-electron chi connectivity index (χ2n) is 4.60. The van der Waals surface area contributed by atoms with Gasteiger partial charge in [-0.15, -0.1) is 0 Å². The van der Waals surface area contributed by atoms with Crippen LogP contribution in [0.4, 0.5) is 0 Å². The number of hydrogen-bond acceptors (Lipinski definition) is 7. The highest BCUT2D eigenvalue weighted by Gasteiger charge is 2.43. The predicted molar refractivity (Wildman–Crippen MR) is 71.4 cm³/mol. The van der Waals surface area contributed by atoms with Crippen LogP contribution in [0.3, 0.4) is 0 Å². The first-order valence-electron chi connectivity index (χ1n) is 6.08. The minimum absolute atomic E-state index is 0.354. The van der Waals surface area contributed by atoms with Gasteiger partial charge in [0.1, 0.15) is 34.6 Å². The van der Waals surface area contributed by atoms with E-state index in [9.17, 15) is 10.2 Å². The highest BCUT2D eigenvalue weighted by molar-refractivity contribution is 7.71. The van der Waals surface area contributed by atoms with Crippen LogP contribution in [0.25, 0.3) is 11.2 Å². The van der Waals surface area contributed by atoms with Crippen LogP contribution in [0.2, 0.25) is 0 Å². The molecule has 20 heavy (non-hydrogen) atoms. The molecule has 0 bridgehead atoms. The largest absolute Gasteiger partial charge is 0.394 e. The summed E-state index contributed by atoms with van der Waals surface area (Å²) in [4.78, 5) is 11.2. The van der Waals surface area contributed by atoms with Gasteiger partial charge in [0.05, 0.1) is 6.61 Å². The number of nitrogens with one attached hydrogen (secondary N) is 1. The van der Waals surface area contributed by atoms with Gasteiger partial charge in [-0.05, 0) is 6.07 Å².